The fourth-order valence-corrected chi connectivity index (χ4v) is 2.28. The topological polar surface area (TPSA) is 115 Å². The van der Waals surface area contributed by atoms with Gasteiger partial charge in [-0.05, 0) is 18.4 Å². The summed E-state index contributed by atoms with van der Waals surface area (Å²) in [5.41, 5.74) is 1.11. The van der Waals surface area contributed by atoms with Crippen LogP contribution in [0.15, 0.2) is 30.3 Å². The highest BCUT2D eigenvalue weighted by atomic mass is 16.3. The van der Waals surface area contributed by atoms with Gasteiger partial charge in [-0.15, -0.1) is 0 Å². The Hall–Kier alpha value is -2.45. The molecule has 0 saturated carbocycles. The summed E-state index contributed by atoms with van der Waals surface area (Å²) in [5.74, 6) is 1.19. The lowest BCUT2D eigenvalue weighted by atomic mass is 10.2. The molecule has 142 valence electrons. The third-order valence-corrected chi connectivity index (χ3v) is 4.02. The average molecular weight is 360 g/mol. The van der Waals surface area contributed by atoms with Crippen molar-refractivity contribution < 1.29 is 10.2 Å². The maximum Gasteiger partial charge on any atom is 0.229 e. The van der Waals surface area contributed by atoms with Gasteiger partial charge < -0.3 is 26.2 Å². The summed E-state index contributed by atoms with van der Waals surface area (Å²) in [6.45, 7) is 4.51. The molecule has 0 spiro atoms. The van der Waals surface area contributed by atoms with Crippen LogP contribution >= 0.6 is 0 Å². The van der Waals surface area contributed by atoms with E-state index in [0.717, 1.165) is 18.4 Å². The molecule has 0 unspecified atom stereocenters. The maximum atomic E-state index is 9.40. The van der Waals surface area contributed by atoms with Crippen molar-refractivity contribution in [1.29, 1.82) is 0 Å². The van der Waals surface area contributed by atoms with E-state index in [1.165, 1.54) is 0 Å². The Morgan fingerprint density at radius 2 is 1.31 bits per heavy atom. The zero-order valence-corrected chi connectivity index (χ0v) is 15.3. The van der Waals surface area contributed by atoms with E-state index in [0.29, 0.717) is 24.4 Å². The summed E-state index contributed by atoms with van der Waals surface area (Å²) in [6, 6.07) is 9.69. The molecule has 1 aromatic heterocycles. The van der Waals surface area contributed by atoms with Crippen LogP contribution in [0.25, 0.3) is 0 Å². The van der Waals surface area contributed by atoms with Gasteiger partial charge in [0.25, 0.3) is 0 Å². The average Bonchev–Trinajstić information content (AvgIpc) is 2.69. The Bertz CT molecular complexity index is 615. The van der Waals surface area contributed by atoms with Gasteiger partial charge >= 0.3 is 0 Å². The van der Waals surface area contributed by atoms with Gasteiger partial charge in [0.1, 0.15) is 0 Å². The Balaban J connectivity index is 2.18. The van der Waals surface area contributed by atoms with Crippen LogP contribution in [0, 0.1) is 0 Å². The van der Waals surface area contributed by atoms with Gasteiger partial charge in [-0.3, -0.25) is 0 Å². The predicted octanol–water partition coefficient (Wildman–Crippen LogP) is 1.85. The summed E-state index contributed by atoms with van der Waals surface area (Å²) < 4.78 is 0. The molecule has 0 aliphatic rings. The first kappa shape index (κ1) is 19.9. The fourth-order valence-electron chi connectivity index (χ4n) is 2.28. The molecule has 8 nitrogen and oxygen atoms in total. The Morgan fingerprint density at radius 3 is 1.77 bits per heavy atom. The molecule has 0 amide bonds. The van der Waals surface area contributed by atoms with Crippen LogP contribution in [0.1, 0.15) is 32.3 Å². The van der Waals surface area contributed by atoms with Crippen molar-refractivity contribution in [3.05, 3.63) is 35.9 Å². The molecule has 2 aromatic rings. The molecule has 1 aromatic carbocycles. The lowest BCUT2D eigenvalue weighted by molar-refractivity contribution is 0.271. The number of nitrogens with one attached hydrogen (secondary N) is 3. The van der Waals surface area contributed by atoms with Gasteiger partial charge in [0.2, 0.25) is 17.8 Å². The second-order valence-corrected chi connectivity index (χ2v) is 6.01. The fraction of sp³-hybridized carbons (Fsp3) is 0.500. The molecule has 26 heavy (non-hydrogen) atoms. The van der Waals surface area contributed by atoms with Crippen molar-refractivity contribution in [3.8, 4) is 0 Å². The summed E-state index contributed by atoms with van der Waals surface area (Å²) in [7, 11) is 0. The highest BCUT2D eigenvalue weighted by Crippen LogP contribution is 2.13. The molecule has 0 bridgehead atoms. The van der Waals surface area contributed by atoms with Crippen molar-refractivity contribution in [2.75, 3.05) is 29.2 Å². The zero-order valence-electron chi connectivity index (χ0n) is 15.3. The second-order valence-electron chi connectivity index (χ2n) is 6.01. The minimum Gasteiger partial charge on any atom is -0.394 e. The van der Waals surface area contributed by atoms with Crippen LogP contribution < -0.4 is 16.0 Å². The van der Waals surface area contributed by atoms with E-state index in [4.69, 9.17) is 0 Å². The summed E-state index contributed by atoms with van der Waals surface area (Å²) in [4.78, 5) is 13.1. The van der Waals surface area contributed by atoms with Crippen molar-refractivity contribution in [2.24, 2.45) is 0 Å². The second kappa shape index (κ2) is 10.5. The summed E-state index contributed by atoms with van der Waals surface area (Å²) >= 11 is 0. The van der Waals surface area contributed by atoms with Gasteiger partial charge in [-0.2, -0.15) is 15.0 Å². The minimum atomic E-state index is -0.132. The largest absolute Gasteiger partial charge is 0.394 e. The van der Waals surface area contributed by atoms with E-state index in [-0.39, 0.29) is 25.3 Å². The number of benzene rings is 1. The van der Waals surface area contributed by atoms with Gasteiger partial charge in [-0.1, -0.05) is 44.2 Å². The van der Waals surface area contributed by atoms with Crippen LogP contribution in [0.3, 0.4) is 0 Å². The van der Waals surface area contributed by atoms with Gasteiger partial charge in [0.15, 0.2) is 0 Å². The molecule has 0 saturated heterocycles. The summed E-state index contributed by atoms with van der Waals surface area (Å²) in [6.07, 6.45) is 1.48. The first-order chi connectivity index (χ1) is 12.7. The Kier molecular flexibility index (Phi) is 8.04. The maximum absolute atomic E-state index is 9.40. The van der Waals surface area contributed by atoms with Gasteiger partial charge in [-0.25, -0.2) is 0 Å². The monoisotopic (exact) mass is 360 g/mol. The highest BCUT2D eigenvalue weighted by Gasteiger charge is 2.13. The van der Waals surface area contributed by atoms with Crippen LogP contribution in [0.4, 0.5) is 17.8 Å². The van der Waals surface area contributed by atoms with Crippen LogP contribution in [0.5, 0.6) is 0 Å². The van der Waals surface area contributed by atoms with Crippen LogP contribution in [-0.2, 0) is 6.54 Å². The number of hydrogen-bond donors (Lipinski definition) is 5. The molecule has 8 heteroatoms. The third-order valence-electron chi connectivity index (χ3n) is 4.02. The number of aliphatic hydroxyl groups excluding tert-OH is 2. The van der Waals surface area contributed by atoms with E-state index >= 15 is 0 Å². The molecule has 2 rings (SSSR count). The minimum absolute atomic E-state index is 0.00799. The van der Waals surface area contributed by atoms with E-state index in [9.17, 15) is 10.2 Å². The van der Waals surface area contributed by atoms with E-state index in [1.54, 1.807) is 0 Å². The molecule has 1 heterocycles. The smallest absolute Gasteiger partial charge is 0.229 e. The first-order valence-corrected chi connectivity index (χ1v) is 8.97. The number of rotatable bonds is 11. The summed E-state index contributed by atoms with van der Waals surface area (Å²) in [5, 5.41) is 28.2. The molecule has 5 N–H and O–H groups in total. The quantitative estimate of drug-likeness (QED) is 0.412. The van der Waals surface area contributed by atoms with Gasteiger partial charge in [0.05, 0.1) is 25.3 Å². The molecule has 0 aliphatic carbocycles. The van der Waals surface area contributed by atoms with E-state index in [1.807, 2.05) is 44.2 Å². The molecule has 0 fully saturated rings. The molecule has 0 radical (unpaired) electrons. The lowest BCUT2D eigenvalue weighted by Gasteiger charge is -2.18. The van der Waals surface area contributed by atoms with Crippen molar-refractivity contribution in [1.82, 2.24) is 15.0 Å². The zero-order chi connectivity index (χ0) is 18.8. The molecule has 2 atom stereocenters. The Labute approximate surface area is 154 Å². The van der Waals surface area contributed by atoms with Crippen molar-refractivity contribution in [2.45, 2.75) is 45.3 Å². The number of nitrogens with zero attached hydrogens (tertiary/aromatic N) is 3. The number of aromatic nitrogens is 3. The lowest BCUT2D eigenvalue weighted by Crippen LogP contribution is -2.27. The normalized spacial score (nSPS) is 13.1. The SMILES string of the molecule is CC[C@H](CO)Nc1nc(NCc2ccccc2)nc(N[C@@H](CC)CO)n1. The Morgan fingerprint density at radius 1 is 0.808 bits per heavy atom. The first-order valence-electron chi connectivity index (χ1n) is 8.97. The molecular weight excluding hydrogens is 332 g/mol. The molecule has 0 aliphatic heterocycles. The predicted molar refractivity (Wildman–Crippen MR) is 103 cm³/mol. The third kappa shape index (κ3) is 6.12. The van der Waals surface area contributed by atoms with Crippen LogP contribution in [0.2, 0.25) is 0 Å². The van der Waals surface area contributed by atoms with Gasteiger partial charge in [0, 0.05) is 6.54 Å². The van der Waals surface area contributed by atoms with E-state index in [2.05, 4.69) is 30.9 Å². The standard InChI is InChI=1S/C18H28N6O2/c1-3-14(11-25)20-17-22-16(19-10-13-8-6-5-7-9-13)23-18(24-17)21-15(4-2)12-26/h5-9,14-15,25-26H,3-4,10-12H2,1-2H3,(H3,19,20,21,22,23,24)/t14-,15+. The van der Waals surface area contributed by atoms with Crippen molar-refractivity contribution >= 4 is 17.8 Å². The number of aliphatic hydroxyl groups is 2. The van der Waals surface area contributed by atoms with E-state index < -0.39 is 0 Å². The number of hydrogen-bond acceptors (Lipinski definition) is 8. The highest BCUT2D eigenvalue weighted by molar-refractivity contribution is 5.43. The van der Waals surface area contributed by atoms with Crippen LogP contribution in [-0.4, -0.2) is 50.5 Å². The molecular formula is C18H28N6O2. The number of anilines is 3. The van der Waals surface area contributed by atoms with Crippen molar-refractivity contribution in [3.63, 3.8) is 0 Å².